The number of carboxylic acid groups (broad SMARTS) is 1. The Balaban J connectivity index is 1.89. The van der Waals surface area contributed by atoms with E-state index < -0.39 is 5.97 Å². The van der Waals surface area contributed by atoms with Gasteiger partial charge in [0.05, 0.1) is 9.90 Å². The van der Waals surface area contributed by atoms with Gasteiger partial charge in [0.2, 0.25) is 0 Å². The Morgan fingerprint density at radius 3 is 2.77 bits per heavy atom. The van der Waals surface area contributed by atoms with E-state index in [1.807, 2.05) is 42.0 Å². The summed E-state index contributed by atoms with van der Waals surface area (Å²) in [5.74, 6) is -0.899. The first kappa shape index (κ1) is 15.1. The van der Waals surface area contributed by atoms with Crippen LogP contribution in [-0.2, 0) is 0 Å². The number of hydrogen-bond acceptors (Lipinski definition) is 6. The van der Waals surface area contributed by atoms with E-state index in [0.717, 1.165) is 26.3 Å². The molecule has 3 aromatic rings. The Kier molecular flexibility index (Phi) is 4.47. The molecule has 1 aromatic carbocycles. The summed E-state index contributed by atoms with van der Waals surface area (Å²) in [5, 5.41) is 15.1. The zero-order valence-corrected chi connectivity index (χ0v) is 14.0. The van der Waals surface area contributed by atoms with Gasteiger partial charge in [-0.15, -0.1) is 34.4 Å². The molecule has 2 heterocycles. The number of aromatic nitrogens is 1. The lowest BCUT2D eigenvalue weighted by Gasteiger charge is -2.01. The summed E-state index contributed by atoms with van der Waals surface area (Å²) in [6.45, 7) is 0. The molecule has 0 spiro atoms. The summed E-state index contributed by atoms with van der Waals surface area (Å²) in [7, 11) is 0. The first-order chi connectivity index (χ1) is 10.7. The van der Waals surface area contributed by atoms with E-state index in [4.69, 9.17) is 5.11 Å². The average Bonchev–Trinajstić information content (AvgIpc) is 3.14. The van der Waals surface area contributed by atoms with Crippen molar-refractivity contribution in [1.29, 1.82) is 0 Å². The number of benzene rings is 1. The maximum atomic E-state index is 11.1. The Labute approximate surface area is 139 Å². The third kappa shape index (κ3) is 3.16. The summed E-state index contributed by atoms with van der Waals surface area (Å²) in [4.78, 5) is 16.0. The van der Waals surface area contributed by atoms with E-state index in [1.54, 1.807) is 17.8 Å². The molecule has 0 aliphatic rings. The number of carbonyl (C=O) groups is 1. The first-order valence-corrected chi connectivity index (χ1v) is 9.28. The number of aromatic carboxylic acids is 1. The van der Waals surface area contributed by atoms with Gasteiger partial charge in [0, 0.05) is 16.6 Å². The van der Waals surface area contributed by atoms with Gasteiger partial charge < -0.3 is 10.4 Å². The molecule has 3 rings (SSSR count). The van der Waals surface area contributed by atoms with Crippen LogP contribution in [-0.4, -0.2) is 22.3 Å². The van der Waals surface area contributed by atoms with Crippen LogP contribution in [0.25, 0.3) is 11.3 Å². The second kappa shape index (κ2) is 6.51. The van der Waals surface area contributed by atoms with Crippen LogP contribution in [0.1, 0.15) is 9.67 Å². The molecule has 0 radical (unpaired) electrons. The Bertz CT molecular complexity index is 796. The van der Waals surface area contributed by atoms with Crippen LogP contribution >= 0.6 is 34.4 Å². The SMILES string of the molecule is CSc1sc(C(=O)O)cc1-c1csc(Nc2ccccc2)n1. The van der Waals surface area contributed by atoms with Crippen molar-refractivity contribution < 1.29 is 9.90 Å². The molecule has 22 heavy (non-hydrogen) atoms. The first-order valence-electron chi connectivity index (χ1n) is 6.36. The Morgan fingerprint density at radius 1 is 1.32 bits per heavy atom. The van der Waals surface area contributed by atoms with Crippen LogP contribution in [0.15, 0.2) is 46.0 Å². The second-order valence-electron chi connectivity index (χ2n) is 4.35. The van der Waals surface area contributed by atoms with Gasteiger partial charge in [-0.2, -0.15) is 0 Å². The predicted molar refractivity (Wildman–Crippen MR) is 93.9 cm³/mol. The molecule has 4 nitrogen and oxygen atoms in total. The van der Waals surface area contributed by atoms with Crippen LogP contribution in [0.2, 0.25) is 0 Å². The van der Waals surface area contributed by atoms with Gasteiger partial charge in [0.15, 0.2) is 5.13 Å². The van der Waals surface area contributed by atoms with Crippen molar-refractivity contribution in [1.82, 2.24) is 4.98 Å². The number of thiophene rings is 1. The number of hydrogen-bond donors (Lipinski definition) is 2. The fourth-order valence-electron chi connectivity index (χ4n) is 1.91. The molecular formula is C15H12N2O2S3. The van der Waals surface area contributed by atoms with E-state index in [2.05, 4.69) is 10.3 Å². The molecule has 2 N–H and O–H groups in total. The number of thiazole rings is 1. The molecule has 0 saturated carbocycles. The summed E-state index contributed by atoms with van der Waals surface area (Å²) >= 11 is 4.33. The van der Waals surface area contributed by atoms with Crippen LogP contribution < -0.4 is 5.32 Å². The van der Waals surface area contributed by atoms with Gasteiger partial charge in [0.1, 0.15) is 4.88 Å². The number of carboxylic acids is 1. The number of para-hydroxylation sites is 1. The van der Waals surface area contributed by atoms with Gasteiger partial charge in [-0.25, -0.2) is 9.78 Å². The zero-order chi connectivity index (χ0) is 15.5. The second-order valence-corrected chi connectivity index (χ2v) is 7.34. The van der Waals surface area contributed by atoms with Crippen molar-refractivity contribution >= 4 is 51.2 Å². The normalized spacial score (nSPS) is 10.6. The van der Waals surface area contributed by atoms with E-state index in [0.29, 0.717) is 4.88 Å². The van der Waals surface area contributed by atoms with Gasteiger partial charge >= 0.3 is 5.97 Å². The summed E-state index contributed by atoms with van der Waals surface area (Å²) < 4.78 is 0.967. The van der Waals surface area contributed by atoms with Crippen LogP contribution in [0.5, 0.6) is 0 Å². The number of rotatable bonds is 5. The molecule has 2 aromatic heterocycles. The summed E-state index contributed by atoms with van der Waals surface area (Å²) in [6.07, 6.45) is 1.94. The predicted octanol–water partition coefficient (Wildman–Crippen LogP) is 5.04. The number of nitrogens with zero attached hydrogens (tertiary/aromatic N) is 1. The summed E-state index contributed by atoms with van der Waals surface area (Å²) in [5.41, 5.74) is 2.66. The maximum absolute atomic E-state index is 11.1. The van der Waals surface area contributed by atoms with Crippen molar-refractivity contribution in [3.05, 3.63) is 46.7 Å². The van der Waals surface area contributed by atoms with Gasteiger partial charge in [-0.05, 0) is 24.5 Å². The van der Waals surface area contributed by atoms with Crippen LogP contribution in [0.4, 0.5) is 10.8 Å². The molecule has 0 fully saturated rings. The molecule has 0 atom stereocenters. The Hall–Kier alpha value is -1.83. The van der Waals surface area contributed by atoms with E-state index in [1.165, 1.54) is 22.7 Å². The lowest BCUT2D eigenvalue weighted by atomic mass is 10.2. The van der Waals surface area contributed by atoms with Gasteiger partial charge in [0.25, 0.3) is 0 Å². The lowest BCUT2D eigenvalue weighted by molar-refractivity contribution is 0.0702. The molecule has 0 unspecified atom stereocenters. The molecule has 7 heteroatoms. The fraction of sp³-hybridized carbons (Fsp3) is 0.0667. The van der Waals surface area contributed by atoms with Crippen molar-refractivity contribution in [2.24, 2.45) is 0 Å². The standard InChI is InChI=1S/C15H12N2O2S3/c1-20-14-10(7-12(22-14)13(18)19)11-8-21-15(17-11)16-9-5-3-2-4-6-9/h2-8H,1H3,(H,16,17)(H,18,19). The molecule has 0 amide bonds. The lowest BCUT2D eigenvalue weighted by Crippen LogP contribution is -1.90. The minimum absolute atomic E-state index is 0.338. The molecule has 0 aliphatic heterocycles. The third-order valence-electron chi connectivity index (χ3n) is 2.90. The summed E-state index contributed by atoms with van der Waals surface area (Å²) in [6, 6.07) is 11.5. The van der Waals surface area contributed by atoms with Gasteiger partial charge in [-0.1, -0.05) is 18.2 Å². The highest BCUT2D eigenvalue weighted by atomic mass is 32.2. The highest BCUT2D eigenvalue weighted by Crippen LogP contribution is 2.39. The zero-order valence-electron chi connectivity index (χ0n) is 11.6. The van der Waals surface area contributed by atoms with E-state index in [-0.39, 0.29) is 0 Å². The molecule has 0 bridgehead atoms. The molecule has 0 saturated heterocycles. The van der Waals surface area contributed by atoms with Crippen LogP contribution in [0.3, 0.4) is 0 Å². The number of thioether (sulfide) groups is 1. The van der Waals surface area contributed by atoms with Crippen molar-refractivity contribution in [3.8, 4) is 11.3 Å². The smallest absolute Gasteiger partial charge is 0.345 e. The monoisotopic (exact) mass is 348 g/mol. The topological polar surface area (TPSA) is 62.2 Å². The molecule has 0 aliphatic carbocycles. The van der Waals surface area contributed by atoms with Crippen molar-refractivity contribution in [2.45, 2.75) is 4.21 Å². The third-order valence-corrected chi connectivity index (χ3v) is 5.92. The minimum atomic E-state index is -0.899. The molecular weight excluding hydrogens is 336 g/mol. The molecule has 112 valence electrons. The van der Waals surface area contributed by atoms with Gasteiger partial charge in [-0.3, -0.25) is 0 Å². The highest BCUT2D eigenvalue weighted by Gasteiger charge is 2.16. The minimum Gasteiger partial charge on any atom is -0.477 e. The van der Waals surface area contributed by atoms with Crippen molar-refractivity contribution in [2.75, 3.05) is 11.6 Å². The average molecular weight is 348 g/mol. The van der Waals surface area contributed by atoms with Crippen molar-refractivity contribution in [3.63, 3.8) is 0 Å². The van der Waals surface area contributed by atoms with E-state index >= 15 is 0 Å². The number of anilines is 2. The fourth-order valence-corrected chi connectivity index (χ4v) is 4.36. The Morgan fingerprint density at radius 2 is 2.09 bits per heavy atom. The van der Waals surface area contributed by atoms with E-state index in [9.17, 15) is 4.79 Å². The van der Waals surface area contributed by atoms with Crippen LogP contribution in [0, 0.1) is 0 Å². The largest absolute Gasteiger partial charge is 0.477 e. The highest BCUT2D eigenvalue weighted by molar-refractivity contribution is 8.00. The maximum Gasteiger partial charge on any atom is 0.345 e. The quantitative estimate of drug-likeness (QED) is 0.633. The number of nitrogens with one attached hydrogen (secondary N) is 1.